The molecule has 0 aromatic heterocycles. The van der Waals surface area contributed by atoms with Crippen LogP contribution in [0.15, 0.2) is 22.7 Å². The first-order valence-corrected chi connectivity index (χ1v) is 3.70. The third-order valence-electron chi connectivity index (χ3n) is 1.30. The highest BCUT2D eigenvalue weighted by molar-refractivity contribution is 9.10. The van der Waals surface area contributed by atoms with Crippen LogP contribution in [-0.4, -0.2) is 6.79 Å². The molecule has 0 radical (unpaired) electrons. The third-order valence-corrected chi connectivity index (χ3v) is 1.75. The van der Waals surface area contributed by atoms with Crippen LogP contribution in [-0.2, 0) is 0 Å². The van der Waals surface area contributed by atoms with Gasteiger partial charge in [0.15, 0.2) is 0 Å². The third kappa shape index (κ3) is 0.968. The van der Waals surface area contributed by atoms with Gasteiger partial charge in [0, 0.05) is 10.5 Å². The fourth-order valence-electron chi connectivity index (χ4n) is 0.869. The van der Waals surface area contributed by atoms with Crippen molar-refractivity contribution in [3.63, 3.8) is 0 Å². The highest BCUT2D eigenvalue weighted by Gasteiger charge is 2.06. The summed E-state index contributed by atoms with van der Waals surface area (Å²) in [7, 11) is 0. The summed E-state index contributed by atoms with van der Waals surface area (Å²) in [5.74, 6) is 1.71. The molecule has 1 heterocycles. The zero-order valence-electron chi connectivity index (χ0n) is 5.13. The monoisotopic (exact) mass is 200 g/mol. The summed E-state index contributed by atoms with van der Waals surface area (Å²) in [6, 6.07) is 5.67. The van der Waals surface area contributed by atoms with Crippen molar-refractivity contribution in [1.82, 2.24) is 0 Å². The van der Waals surface area contributed by atoms with Crippen molar-refractivity contribution in [2.45, 2.75) is 0 Å². The molecule has 0 saturated carbocycles. The maximum absolute atomic E-state index is 5.11. The van der Waals surface area contributed by atoms with Crippen LogP contribution in [0.3, 0.4) is 0 Å². The van der Waals surface area contributed by atoms with Gasteiger partial charge in [-0.2, -0.15) is 0 Å². The molecule has 0 amide bonds. The van der Waals surface area contributed by atoms with Gasteiger partial charge in [-0.1, -0.05) is 15.9 Å². The van der Waals surface area contributed by atoms with E-state index in [-0.39, 0.29) is 0 Å². The number of fused-ring (bicyclic) bond motifs is 2. The number of ether oxygens (including phenoxy) is 2. The van der Waals surface area contributed by atoms with E-state index in [1.807, 2.05) is 18.2 Å². The zero-order valence-corrected chi connectivity index (χ0v) is 6.72. The Bertz CT molecular complexity index is 230. The van der Waals surface area contributed by atoms with E-state index >= 15 is 0 Å². The van der Waals surface area contributed by atoms with Crippen LogP contribution in [0.25, 0.3) is 0 Å². The molecule has 0 atom stereocenters. The molecular weight excluding hydrogens is 196 g/mol. The Labute approximate surface area is 66.9 Å². The number of halogens is 1. The second kappa shape index (κ2) is 2.16. The van der Waals surface area contributed by atoms with Crippen LogP contribution < -0.4 is 9.47 Å². The van der Waals surface area contributed by atoms with Gasteiger partial charge in [0.1, 0.15) is 11.5 Å². The van der Waals surface area contributed by atoms with Crippen molar-refractivity contribution in [2.24, 2.45) is 0 Å². The Morgan fingerprint density at radius 3 is 2.30 bits per heavy atom. The van der Waals surface area contributed by atoms with Gasteiger partial charge in [0.25, 0.3) is 0 Å². The van der Waals surface area contributed by atoms with E-state index in [1.165, 1.54) is 0 Å². The fourth-order valence-corrected chi connectivity index (χ4v) is 1.32. The standard InChI is InChI=1S/C7H5BrO2/c8-5-1-6-3-7(2-5)10-4-9-6/h1-3H,4H2. The lowest BCUT2D eigenvalue weighted by atomic mass is 10.3. The van der Waals surface area contributed by atoms with E-state index in [9.17, 15) is 0 Å². The van der Waals surface area contributed by atoms with Crippen LogP contribution in [0, 0.1) is 0 Å². The van der Waals surface area contributed by atoms with Gasteiger partial charge in [0.05, 0.1) is 0 Å². The van der Waals surface area contributed by atoms with Crippen molar-refractivity contribution >= 4 is 15.9 Å². The molecule has 2 bridgehead atoms. The molecule has 52 valence electrons. The SMILES string of the molecule is Brc1cc2cc(c1)OCO2. The second-order valence-corrected chi connectivity index (χ2v) is 2.94. The Hall–Kier alpha value is -0.700. The molecule has 1 aromatic carbocycles. The number of hydrogen-bond donors (Lipinski definition) is 0. The van der Waals surface area contributed by atoms with Crippen LogP contribution >= 0.6 is 15.9 Å². The number of hydrogen-bond acceptors (Lipinski definition) is 2. The van der Waals surface area contributed by atoms with Crippen molar-refractivity contribution < 1.29 is 9.47 Å². The molecule has 2 rings (SSSR count). The molecule has 10 heavy (non-hydrogen) atoms. The second-order valence-electron chi connectivity index (χ2n) is 2.03. The van der Waals surface area contributed by atoms with Gasteiger partial charge in [-0.3, -0.25) is 0 Å². The minimum Gasteiger partial charge on any atom is -0.457 e. The number of rotatable bonds is 0. The maximum atomic E-state index is 5.11. The van der Waals surface area contributed by atoms with Crippen LogP contribution in [0.5, 0.6) is 11.5 Å². The molecule has 0 N–H and O–H groups in total. The minimum absolute atomic E-state index is 0.328. The molecule has 2 nitrogen and oxygen atoms in total. The van der Waals surface area contributed by atoms with E-state index in [0.29, 0.717) is 6.79 Å². The average Bonchev–Trinajstić information content (AvgIpc) is 1.85. The van der Waals surface area contributed by atoms with Crippen LogP contribution in [0.2, 0.25) is 0 Å². The molecule has 0 aliphatic carbocycles. The average molecular weight is 201 g/mol. The van der Waals surface area contributed by atoms with Gasteiger partial charge in [0.2, 0.25) is 6.79 Å². The highest BCUT2D eigenvalue weighted by atomic mass is 79.9. The summed E-state index contributed by atoms with van der Waals surface area (Å²) in [4.78, 5) is 0. The Kier molecular flexibility index (Phi) is 1.31. The molecule has 0 saturated heterocycles. The highest BCUT2D eigenvalue weighted by Crippen LogP contribution is 2.28. The minimum atomic E-state index is 0.328. The largest absolute Gasteiger partial charge is 0.457 e. The summed E-state index contributed by atoms with van der Waals surface area (Å²) >= 11 is 3.33. The van der Waals surface area contributed by atoms with E-state index < -0.39 is 0 Å². The molecule has 1 aliphatic heterocycles. The number of benzene rings is 1. The fraction of sp³-hybridized carbons (Fsp3) is 0.143. The summed E-state index contributed by atoms with van der Waals surface area (Å²) in [6.45, 7) is 0.328. The molecule has 3 heteroatoms. The maximum Gasteiger partial charge on any atom is 0.230 e. The molecule has 0 fully saturated rings. The first-order valence-electron chi connectivity index (χ1n) is 2.91. The van der Waals surface area contributed by atoms with Crippen molar-refractivity contribution in [1.29, 1.82) is 0 Å². The van der Waals surface area contributed by atoms with Gasteiger partial charge < -0.3 is 9.47 Å². The van der Waals surface area contributed by atoms with Crippen molar-refractivity contribution in [3.05, 3.63) is 22.7 Å². The van der Waals surface area contributed by atoms with Crippen molar-refractivity contribution in [2.75, 3.05) is 6.79 Å². The quantitative estimate of drug-likeness (QED) is 0.640. The van der Waals surface area contributed by atoms with E-state index in [1.54, 1.807) is 0 Å². The molecule has 0 spiro atoms. The first kappa shape index (κ1) is 6.04. The molecular formula is C7H5BrO2. The van der Waals surface area contributed by atoms with Crippen LogP contribution in [0.1, 0.15) is 0 Å². The lowest BCUT2D eigenvalue weighted by Crippen LogP contribution is -2.09. The van der Waals surface area contributed by atoms with Gasteiger partial charge >= 0.3 is 0 Å². The predicted octanol–water partition coefficient (Wildman–Crippen LogP) is 2.18. The predicted molar refractivity (Wildman–Crippen MR) is 40.3 cm³/mol. The summed E-state index contributed by atoms with van der Waals surface area (Å²) in [6.07, 6.45) is 0. The topological polar surface area (TPSA) is 18.5 Å². The van der Waals surface area contributed by atoms with E-state index in [2.05, 4.69) is 15.9 Å². The van der Waals surface area contributed by atoms with E-state index in [4.69, 9.17) is 9.47 Å². The lowest BCUT2D eigenvalue weighted by Gasteiger charge is -2.15. The molecule has 0 unspecified atom stereocenters. The van der Waals surface area contributed by atoms with Gasteiger partial charge in [-0.05, 0) is 12.1 Å². The van der Waals surface area contributed by atoms with Gasteiger partial charge in [-0.15, -0.1) is 0 Å². The summed E-state index contributed by atoms with van der Waals surface area (Å²) in [5, 5.41) is 0. The molecule has 1 aliphatic rings. The lowest BCUT2D eigenvalue weighted by molar-refractivity contribution is 0.105. The van der Waals surface area contributed by atoms with E-state index in [0.717, 1.165) is 16.0 Å². The first-order chi connectivity index (χ1) is 4.84. The summed E-state index contributed by atoms with van der Waals surface area (Å²) < 4.78 is 11.2. The normalized spacial score (nSPS) is 13.7. The van der Waals surface area contributed by atoms with Gasteiger partial charge in [-0.25, -0.2) is 0 Å². The Morgan fingerprint density at radius 1 is 1.10 bits per heavy atom. The molecule has 1 aromatic rings. The van der Waals surface area contributed by atoms with Crippen molar-refractivity contribution in [3.8, 4) is 11.5 Å². The smallest absolute Gasteiger partial charge is 0.230 e. The van der Waals surface area contributed by atoms with Crippen LogP contribution in [0.4, 0.5) is 0 Å². The Balaban J connectivity index is 2.54. The zero-order chi connectivity index (χ0) is 6.97. The summed E-state index contributed by atoms with van der Waals surface area (Å²) in [5.41, 5.74) is 0. The Morgan fingerprint density at radius 2 is 1.70 bits per heavy atom.